The monoisotopic (exact) mass is 346 g/mol. The Labute approximate surface area is 135 Å². The highest BCUT2D eigenvalue weighted by atomic mass is 32.2. The SMILES string of the molecule is C[C@@H]1CN(S(=O)(=O)CCNC(=O)Cc2cccs2)C[C@H](C)O1. The molecule has 1 aliphatic heterocycles. The minimum Gasteiger partial charge on any atom is -0.373 e. The molecule has 0 bridgehead atoms. The van der Waals surface area contributed by atoms with Crippen molar-refractivity contribution in [2.24, 2.45) is 0 Å². The minimum absolute atomic E-state index is 0.0807. The zero-order chi connectivity index (χ0) is 16.2. The van der Waals surface area contributed by atoms with E-state index in [1.54, 1.807) is 0 Å². The van der Waals surface area contributed by atoms with Crippen LogP contribution in [0.2, 0.25) is 0 Å². The van der Waals surface area contributed by atoms with Crippen LogP contribution in [0.25, 0.3) is 0 Å². The van der Waals surface area contributed by atoms with Gasteiger partial charge in [-0.2, -0.15) is 4.31 Å². The second kappa shape index (κ2) is 7.54. The van der Waals surface area contributed by atoms with E-state index >= 15 is 0 Å². The summed E-state index contributed by atoms with van der Waals surface area (Å²) in [6, 6.07) is 3.77. The third kappa shape index (κ3) is 5.05. The van der Waals surface area contributed by atoms with Gasteiger partial charge in [0.1, 0.15) is 0 Å². The lowest BCUT2D eigenvalue weighted by molar-refractivity contribution is -0.120. The van der Waals surface area contributed by atoms with Gasteiger partial charge in [0.05, 0.1) is 24.4 Å². The van der Waals surface area contributed by atoms with Crippen molar-refractivity contribution >= 4 is 27.3 Å². The van der Waals surface area contributed by atoms with Gasteiger partial charge >= 0.3 is 0 Å². The Kier molecular flexibility index (Phi) is 5.96. The molecule has 1 aliphatic rings. The number of hydrogen-bond acceptors (Lipinski definition) is 5. The predicted octanol–water partition coefficient (Wildman–Crippen LogP) is 0.846. The van der Waals surface area contributed by atoms with Gasteiger partial charge in [0, 0.05) is 24.5 Å². The Morgan fingerprint density at radius 2 is 2.09 bits per heavy atom. The maximum Gasteiger partial charge on any atom is 0.225 e. The van der Waals surface area contributed by atoms with E-state index < -0.39 is 10.0 Å². The summed E-state index contributed by atoms with van der Waals surface area (Å²) < 4.78 is 31.6. The number of carbonyl (C=O) groups is 1. The van der Waals surface area contributed by atoms with Crippen LogP contribution in [-0.2, 0) is 26.0 Å². The van der Waals surface area contributed by atoms with E-state index in [2.05, 4.69) is 5.32 Å². The fourth-order valence-corrected chi connectivity index (χ4v) is 4.64. The highest BCUT2D eigenvalue weighted by molar-refractivity contribution is 7.89. The number of carbonyl (C=O) groups excluding carboxylic acids is 1. The fraction of sp³-hybridized carbons (Fsp3) is 0.643. The Morgan fingerprint density at radius 3 is 2.68 bits per heavy atom. The molecule has 2 rings (SSSR count). The standard InChI is InChI=1S/C14H22N2O4S2/c1-11-9-16(10-12(2)20-11)22(18,19)7-5-15-14(17)8-13-4-3-6-21-13/h3-4,6,11-12H,5,7-10H2,1-2H3,(H,15,17)/t11-,12+. The van der Waals surface area contributed by atoms with Gasteiger partial charge in [0.2, 0.25) is 15.9 Å². The van der Waals surface area contributed by atoms with Gasteiger partial charge in [0.15, 0.2) is 0 Å². The van der Waals surface area contributed by atoms with E-state index in [0.29, 0.717) is 19.5 Å². The van der Waals surface area contributed by atoms with E-state index in [4.69, 9.17) is 4.74 Å². The van der Waals surface area contributed by atoms with Gasteiger partial charge in [-0.05, 0) is 25.3 Å². The van der Waals surface area contributed by atoms with Crippen molar-refractivity contribution in [3.05, 3.63) is 22.4 Å². The number of hydrogen-bond donors (Lipinski definition) is 1. The van der Waals surface area contributed by atoms with Crippen LogP contribution < -0.4 is 5.32 Å². The maximum atomic E-state index is 12.3. The molecule has 0 aliphatic carbocycles. The summed E-state index contributed by atoms with van der Waals surface area (Å²) >= 11 is 1.51. The molecule has 0 radical (unpaired) electrons. The van der Waals surface area contributed by atoms with Crippen LogP contribution in [0.5, 0.6) is 0 Å². The summed E-state index contributed by atoms with van der Waals surface area (Å²) in [5.74, 6) is -0.232. The van der Waals surface area contributed by atoms with E-state index in [1.165, 1.54) is 15.6 Å². The van der Waals surface area contributed by atoms with Gasteiger partial charge in [-0.3, -0.25) is 4.79 Å². The molecular weight excluding hydrogens is 324 g/mol. The third-order valence-electron chi connectivity index (χ3n) is 3.38. The summed E-state index contributed by atoms with van der Waals surface area (Å²) in [6.07, 6.45) is 0.0856. The summed E-state index contributed by atoms with van der Waals surface area (Å²) in [4.78, 5) is 12.7. The van der Waals surface area contributed by atoms with Crippen LogP contribution in [0, 0.1) is 0 Å². The zero-order valence-corrected chi connectivity index (χ0v) is 14.5. The lowest BCUT2D eigenvalue weighted by atomic mass is 10.3. The van der Waals surface area contributed by atoms with Crippen molar-refractivity contribution in [3.63, 3.8) is 0 Å². The third-order valence-corrected chi connectivity index (χ3v) is 6.06. The normalized spacial score (nSPS) is 23.4. The van der Waals surface area contributed by atoms with Crippen LogP contribution in [0.3, 0.4) is 0 Å². The number of sulfonamides is 1. The maximum absolute atomic E-state index is 12.3. The second-order valence-corrected chi connectivity index (χ2v) is 8.62. The number of nitrogens with one attached hydrogen (secondary N) is 1. The number of amides is 1. The number of rotatable bonds is 6. The minimum atomic E-state index is -3.37. The molecule has 1 fully saturated rings. The summed E-state index contributed by atoms with van der Waals surface area (Å²) in [6.45, 7) is 4.60. The lowest BCUT2D eigenvalue weighted by Crippen LogP contribution is -2.49. The molecule has 1 N–H and O–H groups in total. The fourth-order valence-electron chi connectivity index (χ4n) is 2.44. The van der Waals surface area contributed by atoms with E-state index in [-0.39, 0.29) is 30.4 Å². The molecule has 22 heavy (non-hydrogen) atoms. The van der Waals surface area contributed by atoms with Gasteiger partial charge in [-0.1, -0.05) is 6.07 Å². The topological polar surface area (TPSA) is 75.7 Å². The van der Waals surface area contributed by atoms with Crippen LogP contribution in [0.1, 0.15) is 18.7 Å². The molecule has 1 saturated heterocycles. The Morgan fingerprint density at radius 1 is 1.41 bits per heavy atom. The van der Waals surface area contributed by atoms with Crippen molar-refractivity contribution in [1.82, 2.24) is 9.62 Å². The molecule has 1 amide bonds. The molecule has 8 heteroatoms. The quantitative estimate of drug-likeness (QED) is 0.828. The Bertz CT molecular complexity index is 576. The van der Waals surface area contributed by atoms with E-state index in [1.807, 2.05) is 31.4 Å². The van der Waals surface area contributed by atoms with Crippen molar-refractivity contribution in [2.75, 3.05) is 25.4 Å². The highest BCUT2D eigenvalue weighted by Crippen LogP contribution is 2.14. The predicted molar refractivity (Wildman–Crippen MR) is 86.4 cm³/mol. The molecule has 0 saturated carbocycles. The first-order valence-corrected chi connectivity index (χ1v) is 9.78. The van der Waals surface area contributed by atoms with Crippen molar-refractivity contribution in [3.8, 4) is 0 Å². The molecule has 1 aromatic heterocycles. The summed E-state index contributed by atoms with van der Waals surface area (Å²) in [5.41, 5.74) is 0. The van der Waals surface area contributed by atoms with Crippen LogP contribution >= 0.6 is 11.3 Å². The molecule has 0 unspecified atom stereocenters. The van der Waals surface area contributed by atoms with Crippen LogP contribution in [0.15, 0.2) is 17.5 Å². The highest BCUT2D eigenvalue weighted by Gasteiger charge is 2.30. The van der Waals surface area contributed by atoms with E-state index in [9.17, 15) is 13.2 Å². The number of ether oxygens (including phenoxy) is 1. The molecule has 2 heterocycles. The largest absolute Gasteiger partial charge is 0.373 e. The van der Waals surface area contributed by atoms with Crippen LogP contribution in [0.4, 0.5) is 0 Å². The van der Waals surface area contributed by atoms with Gasteiger partial charge in [-0.15, -0.1) is 11.3 Å². The molecular formula is C14H22N2O4S2. The average Bonchev–Trinajstić information content (AvgIpc) is 2.90. The summed E-state index contributed by atoms with van der Waals surface area (Å²) in [5, 5.41) is 4.58. The van der Waals surface area contributed by atoms with Crippen molar-refractivity contribution < 1.29 is 17.9 Å². The van der Waals surface area contributed by atoms with Crippen molar-refractivity contribution in [1.29, 1.82) is 0 Å². The molecule has 0 spiro atoms. The van der Waals surface area contributed by atoms with Gasteiger partial charge in [-0.25, -0.2) is 8.42 Å². The van der Waals surface area contributed by atoms with Crippen LogP contribution in [-0.4, -0.2) is 56.2 Å². The Balaban J connectivity index is 1.78. The number of morpholine rings is 1. The average molecular weight is 346 g/mol. The number of thiophene rings is 1. The molecule has 124 valence electrons. The lowest BCUT2D eigenvalue weighted by Gasteiger charge is -2.34. The summed E-state index contributed by atoms with van der Waals surface area (Å²) in [7, 11) is -3.37. The first kappa shape index (κ1) is 17.4. The van der Waals surface area contributed by atoms with Crippen molar-refractivity contribution in [2.45, 2.75) is 32.5 Å². The smallest absolute Gasteiger partial charge is 0.225 e. The molecule has 0 aromatic carbocycles. The molecule has 6 nitrogen and oxygen atoms in total. The molecule has 2 atom stereocenters. The van der Waals surface area contributed by atoms with Gasteiger partial charge < -0.3 is 10.1 Å². The Hall–Kier alpha value is -0.960. The van der Waals surface area contributed by atoms with Gasteiger partial charge in [0.25, 0.3) is 0 Å². The number of nitrogens with zero attached hydrogens (tertiary/aromatic N) is 1. The first-order chi connectivity index (χ1) is 10.4. The van der Waals surface area contributed by atoms with E-state index in [0.717, 1.165) is 4.88 Å². The second-order valence-electron chi connectivity index (χ2n) is 5.50. The molecule has 1 aromatic rings. The zero-order valence-electron chi connectivity index (χ0n) is 12.8. The first-order valence-electron chi connectivity index (χ1n) is 7.29.